The molecule has 0 unspecified atom stereocenters. The van der Waals surface area contributed by atoms with Gasteiger partial charge in [-0.1, -0.05) is 23.7 Å². The van der Waals surface area contributed by atoms with Crippen molar-refractivity contribution in [1.29, 1.82) is 0 Å². The van der Waals surface area contributed by atoms with E-state index in [-0.39, 0.29) is 34.5 Å². The predicted molar refractivity (Wildman–Crippen MR) is 158 cm³/mol. The minimum Gasteiger partial charge on any atom is -0.507 e. The molecular weight excluding hydrogens is 560 g/mol. The van der Waals surface area contributed by atoms with Crippen LogP contribution in [-0.2, 0) is 9.53 Å². The second-order valence-corrected chi connectivity index (χ2v) is 10.7. The fraction of sp³-hybridized carbons (Fsp3) is 0.219. The minimum atomic E-state index is -0.574. The van der Waals surface area contributed by atoms with Crippen LogP contribution in [0, 0.1) is 0 Å². The van der Waals surface area contributed by atoms with E-state index in [0.717, 1.165) is 16.5 Å². The Bertz CT molecular complexity index is 1930. The lowest BCUT2D eigenvalue weighted by Crippen LogP contribution is -2.38. The van der Waals surface area contributed by atoms with Gasteiger partial charge in [0.25, 0.3) is 0 Å². The molecule has 2 aliphatic rings. The van der Waals surface area contributed by atoms with Gasteiger partial charge in [0.2, 0.25) is 5.43 Å². The van der Waals surface area contributed by atoms with E-state index in [0.29, 0.717) is 54.0 Å². The van der Waals surface area contributed by atoms with Crippen LogP contribution in [0.15, 0.2) is 70.1 Å². The highest BCUT2D eigenvalue weighted by Gasteiger charge is 2.36. The summed E-state index contributed by atoms with van der Waals surface area (Å²) in [6.07, 6.45) is 1.36. The third-order valence-electron chi connectivity index (χ3n) is 7.84. The minimum absolute atomic E-state index is 0.00693. The predicted octanol–water partition coefficient (Wildman–Crippen LogP) is 5.65. The quantitative estimate of drug-likeness (QED) is 0.211. The van der Waals surface area contributed by atoms with E-state index in [2.05, 4.69) is 4.90 Å². The molecule has 1 saturated heterocycles. The zero-order valence-corrected chi connectivity index (χ0v) is 23.3. The van der Waals surface area contributed by atoms with Gasteiger partial charge in [0.1, 0.15) is 40.3 Å². The van der Waals surface area contributed by atoms with Gasteiger partial charge in [0.15, 0.2) is 0 Å². The monoisotopic (exact) mass is 584 g/mol. The Morgan fingerprint density at radius 3 is 2.60 bits per heavy atom. The Hall–Kier alpha value is -4.60. The molecule has 0 amide bonds. The molecule has 0 aliphatic carbocycles. The molecule has 1 atom stereocenters. The van der Waals surface area contributed by atoms with Crippen LogP contribution < -0.4 is 19.8 Å². The van der Waals surface area contributed by atoms with E-state index in [9.17, 15) is 14.7 Å². The van der Waals surface area contributed by atoms with E-state index >= 15 is 0 Å². The van der Waals surface area contributed by atoms with Gasteiger partial charge in [-0.15, -0.1) is 0 Å². The number of benzene rings is 3. The van der Waals surface area contributed by atoms with Gasteiger partial charge in [-0.25, -0.2) is 4.98 Å². The van der Waals surface area contributed by atoms with Crippen molar-refractivity contribution in [2.24, 2.45) is 0 Å². The Kier molecular flexibility index (Phi) is 6.48. The van der Waals surface area contributed by atoms with Crippen LogP contribution >= 0.6 is 11.6 Å². The number of pyridine rings is 1. The molecule has 2 aliphatic heterocycles. The number of nitrogens with zero attached hydrogens (tertiary/aromatic N) is 2. The average Bonchev–Trinajstić information content (AvgIpc) is 3.00. The van der Waals surface area contributed by atoms with Crippen LogP contribution in [0.2, 0.25) is 5.02 Å². The summed E-state index contributed by atoms with van der Waals surface area (Å²) in [5, 5.41) is 12.4. The van der Waals surface area contributed by atoms with Crippen molar-refractivity contribution in [2.45, 2.75) is 12.3 Å². The molecule has 10 heteroatoms. The van der Waals surface area contributed by atoms with E-state index in [4.69, 9.17) is 35.2 Å². The van der Waals surface area contributed by atoms with Gasteiger partial charge in [-0.3, -0.25) is 9.59 Å². The first-order chi connectivity index (χ1) is 20.4. The van der Waals surface area contributed by atoms with Crippen LogP contribution in [0.5, 0.6) is 17.2 Å². The Morgan fingerprint density at radius 1 is 1.05 bits per heavy atom. The van der Waals surface area contributed by atoms with E-state index in [1.807, 2.05) is 24.3 Å². The molecule has 1 fully saturated rings. The van der Waals surface area contributed by atoms with Gasteiger partial charge in [-0.05, 0) is 42.0 Å². The molecule has 9 nitrogen and oxygen atoms in total. The number of methoxy groups -OCH3 is 1. The summed E-state index contributed by atoms with van der Waals surface area (Å²) in [6, 6.07) is 15.7. The molecule has 0 saturated carbocycles. The Labute approximate surface area is 244 Å². The molecule has 42 heavy (non-hydrogen) atoms. The highest BCUT2D eigenvalue weighted by Crippen LogP contribution is 2.48. The largest absolute Gasteiger partial charge is 0.507 e. The first-order valence-electron chi connectivity index (χ1n) is 13.5. The number of aromatic nitrogens is 1. The van der Waals surface area contributed by atoms with Crippen molar-refractivity contribution in [3.05, 3.63) is 87.2 Å². The van der Waals surface area contributed by atoms with Crippen molar-refractivity contribution in [3.8, 4) is 28.4 Å². The van der Waals surface area contributed by atoms with Gasteiger partial charge < -0.3 is 28.6 Å². The first-order valence-corrected chi connectivity index (χ1v) is 13.9. The smallest absolute Gasteiger partial charge is 0.312 e. The summed E-state index contributed by atoms with van der Waals surface area (Å²) >= 11 is 6.04. The number of anilines is 1. The van der Waals surface area contributed by atoms with Crippen molar-refractivity contribution >= 4 is 45.3 Å². The number of rotatable bonds is 4. The summed E-state index contributed by atoms with van der Waals surface area (Å²) in [4.78, 5) is 33.9. The second-order valence-electron chi connectivity index (χ2n) is 10.3. The van der Waals surface area contributed by atoms with Crippen molar-refractivity contribution in [1.82, 2.24) is 4.98 Å². The first kappa shape index (κ1) is 26.3. The SMILES string of the molecule is COc1ccc2nc(N3CCOCC3)c([C@H]3CC(=O)Oc4cc(O)c5c(=O)c(-c6ccc(Cl)cc6)coc5c43)cc2c1. The third kappa shape index (κ3) is 4.42. The molecule has 0 spiro atoms. The number of hydrogen-bond donors (Lipinski definition) is 1. The Balaban J connectivity index is 1.48. The lowest BCUT2D eigenvalue weighted by molar-refractivity contribution is -0.135. The molecule has 0 radical (unpaired) electrons. The second kappa shape index (κ2) is 10.3. The fourth-order valence-corrected chi connectivity index (χ4v) is 5.92. The number of morpholine rings is 1. The number of carbonyl (C=O) groups excluding carboxylic acids is 1. The van der Waals surface area contributed by atoms with Crippen LogP contribution in [-0.4, -0.2) is 49.5 Å². The normalized spacial score (nSPS) is 16.9. The van der Waals surface area contributed by atoms with Crippen LogP contribution in [0.4, 0.5) is 5.82 Å². The molecule has 7 rings (SSSR count). The average molecular weight is 585 g/mol. The highest BCUT2D eigenvalue weighted by atomic mass is 35.5. The van der Waals surface area contributed by atoms with Gasteiger partial charge >= 0.3 is 5.97 Å². The molecule has 4 heterocycles. The standard InChI is InChI=1S/C32H25ClN2O7/c1-39-20-6-7-24-18(12-20)13-22(32(34-24)35-8-10-40-11-9-35)21-14-27(37)42-26-15-25(36)29-30(38)23(16-41-31(29)28(21)26)17-2-4-19(33)5-3-17/h2-7,12-13,15-16,21,36H,8-11,14H2,1H3/t21-/m1/s1. The number of carbonyl (C=O) groups is 1. The van der Waals surface area contributed by atoms with Crippen molar-refractivity contribution < 1.29 is 28.5 Å². The summed E-state index contributed by atoms with van der Waals surface area (Å²) in [7, 11) is 1.60. The number of esters is 1. The maximum absolute atomic E-state index is 13.8. The number of aromatic hydroxyl groups is 1. The number of fused-ring (bicyclic) bond motifs is 4. The van der Waals surface area contributed by atoms with Crippen molar-refractivity contribution in [3.63, 3.8) is 0 Å². The van der Waals surface area contributed by atoms with Crippen LogP contribution in [0.1, 0.15) is 23.5 Å². The molecule has 5 aromatic rings. The molecule has 1 N–H and O–H groups in total. The lowest BCUT2D eigenvalue weighted by atomic mass is 9.84. The number of phenols is 1. The third-order valence-corrected chi connectivity index (χ3v) is 8.09. The van der Waals surface area contributed by atoms with Crippen LogP contribution in [0.3, 0.4) is 0 Å². The van der Waals surface area contributed by atoms with E-state index in [1.54, 1.807) is 31.4 Å². The van der Waals surface area contributed by atoms with Gasteiger partial charge in [-0.2, -0.15) is 0 Å². The lowest BCUT2D eigenvalue weighted by Gasteiger charge is -2.33. The van der Waals surface area contributed by atoms with E-state index < -0.39 is 17.3 Å². The highest BCUT2D eigenvalue weighted by molar-refractivity contribution is 6.30. The fourth-order valence-electron chi connectivity index (χ4n) is 5.80. The molecule has 0 bridgehead atoms. The molecular formula is C32H25ClN2O7. The van der Waals surface area contributed by atoms with Gasteiger partial charge in [0, 0.05) is 46.6 Å². The summed E-state index contributed by atoms with van der Waals surface area (Å²) in [5.74, 6) is 0.149. The maximum Gasteiger partial charge on any atom is 0.312 e. The van der Waals surface area contributed by atoms with Gasteiger partial charge in [0.05, 0.1) is 37.8 Å². The number of ether oxygens (including phenoxy) is 3. The summed E-state index contributed by atoms with van der Waals surface area (Å²) in [6.45, 7) is 2.34. The molecule has 3 aromatic carbocycles. The zero-order valence-electron chi connectivity index (χ0n) is 22.6. The Morgan fingerprint density at radius 2 is 1.83 bits per heavy atom. The number of hydrogen-bond acceptors (Lipinski definition) is 9. The topological polar surface area (TPSA) is 111 Å². The summed E-state index contributed by atoms with van der Waals surface area (Å²) < 4.78 is 22.8. The van der Waals surface area contributed by atoms with Crippen molar-refractivity contribution in [2.75, 3.05) is 38.3 Å². The zero-order chi connectivity index (χ0) is 29.0. The number of halogens is 1. The van der Waals surface area contributed by atoms with Crippen LogP contribution in [0.25, 0.3) is 33.0 Å². The maximum atomic E-state index is 13.8. The van der Waals surface area contributed by atoms with E-state index in [1.165, 1.54) is 12.3 Å². The summed E-state index contributed by atoms with van der Waals surface area (Å²) in [5.41, 5.74) is 2.65. The molecule has 212 valence electrons. The molecule has 2 aromatic heterocycles. The number of phenolic OH excluding ortho intramolecular Hbond substituents is 1.